The van der Waals surface area contributed by atoms with Crippen LogP contribution in [0.2, 0.25) is 0 Å². The van der Waals surface area contributed by atoms with Gasteiger partial charge in [0.25, 0.3) is 0 Å². The Morgan fingerprint density at radius 3 is 2.62 bits per heavy atom. The molecule has 0 radical (unpaired) electrons. The molecule has 3 aliphatic rings. The fourth-order valence-electron chi connectivity index (χ4n) is 5.01. The van der Waals surface area contributed by atoms with Gasteiger partial charge in [-0.25, -0.2) is 0 Å². The number of carbonyl (C=O) groups excluding carboxylic acids is 2. The zero-order valence-electron chi connectivity index (χ0n) is 19.2. The molecule has 0 aromatic heterocycles. The second-order valence-electron chi connectivity index (χ2n) is 9.69. The molecule has 174 valence electrons. The normalized spacial score (nSPS) is 25.2. The predicted octanol–water partition coefficient (Wildman–Crippen LogP) is 3.13. The SMILES string of the molecule is CC(C)C(=O)N1CCC(C[C@H]2CC(c3ccccc3)=NO2)(C(=O)N[C@H]2CCCOC2)CC1. The summed E-state index contributed by atoms with van der Waals surface area (Å²) in [6.07, 6.45) is 4.37. The molecule has 0 spiro atoms. The van der Waals surface area contributed by atoms with Gasteiger partial charge in [-0.1, -0.05) is 49.3 Å². The van der Waals surface area contributed by atoms with Crippen LogP contribution >= 0.6 is 0 Å². The number of nitrogens with zero attached hydrogens (tertiary/aromatic N) is 2. The van der Waals surface area contributed by atoms with Gasteiger partial charge in [0.05, 0.1) is 23.8 Å². The molecule has 7 nitrogen and oxygen atoms in total. The first-order chi connectivity index (χ1) is 15.5. The van der Waals surface area contributed by atoms with Crippen LogP contribution in [0.1, 0.15) is 57.9 Å². The van der Waals surface area contributed by atoms with Crippen LogP contribution in [0.25, 0.3) is 0 Å². The van der Waals surface area contributed by atoms with E-state index in [-0.39, 0.29) is 29.9 Å². The first-order valence-corrected chi connectivity index (χ1v) is 11.9. The van der Waals surface area contributed by atoms with Crippen molar-refractivity contribution in [2.45, 2.75) is 64.5 Å². The van der Waals surface area contributed by atoms with E-state index in [1.807, 2.05) is 49.1 Å². The van der Waals surface area contributed by atoms with E-state index in [2.05, 4.69) is 10.5 Å². The van der Waals surface area contributed by atoms with Crippen LogP contribution in [-0.4, -0.2) is 60.9 Å². The molecule has 0 bridgehead atoms. The summed E-state index contributed by atoms with van der Waals surface area (Å²) in [5, 5.41) is 7.58. The zero-order chi connectivity index (χ0) is 22.6. The lowest BCUT2D eigenvalue weighted by atomic mass is 9.72. The van der Waals surface area contributed by atoms with Crippen LogP contribution in [0.3, 0.4) is 0 Å². The second kappa shape index (κ2) is 10.0. The van der Waals surface area contributed by atoms with E-state index in [9.17, 15) is 9.59 Å². The third kappa shape index (κ3) is 5.14. The van der Waals surface area contributed by atoms with Gasteiger partial charge in [0, 0.05) is 38.5 Å². The maximum absolute atomic E-state index is 13.6. The van der Waals surface area contributed by atoms with Gasteiger partial charge in [-0.15, -0.1) is 0 Å². The lowest BCUT2D eigenvalue weighted by molar-refractivity contribution is -0.145. The summed E-state index contributed by atoms with van der Waals surface area (Å²) < 4.78 is 5.56. The molecule has 2 fully saturated rings. The first-order valence-electron chi connectivity index (χ1n) is 11.9. The monoisotopic (exact) mass is 441 g/mol. The fraction of sp³-hybridized carbons (Fsp3) is 0.640. The van der Waals surface area contributed by atoms with E-state index >= 15 is 0 Å². The Kier molecular flexibility index (Phi) is 7.13. The number of ether oxygens (including phenoxy) is 1. The molecule has 1 aromatic carbocycles. The molecule has 0 aliphatic carbocycles. The number of nitrogens with one attached hydrogen (secondary N) is 1. The summed E-state index contributed by atoms with van der Waals surface area (Å²) in [4.78, 5) is 33.8. The average Bonchev–Trinajstić information content (AvgIpc) is 3.28. The minimum atomic E-state index is -0.558. The number of carbonyl (C=O) groups is 2. The van der Waals surface area contributed by atoms with Crippen LogP contribution in [-0.2, 0) is 19.2 Å². The van der Waals surface area contributed by atoms with Gasteiger partial charge in [-0.05, 0) is 31.2 Å². The van der Waals surface area contributed by atoms with Gasteiger partial charge >= 0.3 is 0 Å². The van der Waals surface area contributed by atoms with Gasteiger partial charge in [-0.2, -0.15) is 0 Å². The van der Waals surface area contributed by atoms with Crippen molar-refractivity contribution >= 4 is 17.5 Å². The van der Waals surface area contributed by atoms with Gasteiger partial charge in [0.2, 0.25) is 11.8 Å². The van der Waals surface area contributed by atoms with E-state index in [1.54, 1.807) is 0 Å². The highest BCUT2D eigenvalue weighted by molar-refractivity contribution is 6.01. The summed E-state index contributed by atoms with van der Waals surface area (Å²) in [6.45, 7) is 6.39. The van der Waals surface area contributed by atoms with Crippen molar-refractivity contribution in [3.05, 3.63) is 35.9 Å². The molecule has 3 aliphatic heterocycles. The van der Waals surface area contributed by atoms with Crippen molar-refractivity contribution in [2.24, 2.45) is 16.5 Å². The number of amides is 2. The zero-order valence-corrected chi connectivity index (χ0v) is 19.2. The molecule has 2 amide bonds. The number of benzene rings is 1. The predicted molar refractivity (Wildman–Crippen MR) is 122 cm³/mol. The largest absolute Gasteiger partial charge is 0.392 e. The fourth-order valence-corrected chi connectivity index (χ4v) is 5.01. The van der Waals surface area contributed by atoms with Crippen LogP contribution in [0.15, 0.2) is 35.5 Å². The smallest absolute Gasteiger partial charge is 0.226 e. The number of rotatable bonds is 6. The molecule has 7 heteroatoms. The highest BCUT2D eigenvalue weighted by atomic mass is 16.6. The van der Waals surface area contributed by atoms with Crippen molar-refractivity contribution in [1.82, 2.24) is 10.2 Å². The van der Waals surface area contributed by atoms with Gasteiger partial charge in [0.1, 0.15) is 6.10 Å². The Morgan fingerprint density at radius 1 is 1.22 bits per heavy atom. The van der Waals surface area contributed by atoms with E-state index < -0.39 is 5.41 Å². The Morgan fingerprint density at radius 2 is 1.97 bits per heavy atom. The number of hydrogen-bond acceptors (Lipinski definition) is 5. The van der Waals surface area contributed by atoms with E-state index in [4.69, 9.17) is 9.57 Å². The van der Waals surface area contributed by atoms with E-state index in [0.717, 1.165) is 30.7 Å². The van der Waals surface area contributed by atoms with Gasteiger partial charge < -0.3 is 19.8 Å². The number of oxime groups is 1. The minimum Gasteiger partial charge on any atom is -0.392 e. The topological polar surface area (TPSA) is 80.2 Å². The van der Waals surface area contributed by atoms with Crippen molar-refractivity contribution in [3.8, 4) is 0 Å². The molecule has 3 heterocycles. The highest BCUT2D eigenvalue weighted by Crippen LogP contribution is 2.40. The Balaban J connectivity index is 1.44. The van der Waals surface area contributed by atoms with Crippen molar-refractivity contribution in [1.29, 1.82) is 0 Å². The van der Waals surface area contributed by atoms with Crippen molar-refractivity contribution in [2.75, 3.05) is 26.3 Å². The lowest BCUT2D eigenvalue weighted by Crippen LogP contribution is -2.54. The Labute approximate surface area is 190 Å². The Hall–Kier alpha value is -2.41. The summed E-state index contributed by atoms with van der Waals surface area (Å²) in [5.74, 6) is 0.198. The molecular formula is C25H35N3O4. The number of likely N-dealkylation sites (tertiary alicyclic amines) is 1. The van der Waals surface area contributed by atoms with E-state index in [1.165, 1.54) is 0 Å². The molecule has 1 N–H and O–H groups in total. The van der Waals surface area contributed by atoms with E-state index in [0.29, 0.717) is 45.4 Å². The maximum Gasteiger partial charge on any atom is 0.226 e. The summed E-state index contributed by atoms with van der Waals surface area (Å²) in [6, 6.07) is 10.1. The van der Waals surface area contributed by atoms with Crippen LogP contribution in [0, 0.1) is 11.3 Å². The average molecular weight is 442 g/mol. The van der Waals surface area contributed by atoms with Crippen molar-refractivity contribution < 1.29 is 19.2 Å². The van der Waals surface area contributed by atoms with Crippen molar-refractivity contribution in [3.63, 3.8) is 0 Å². The minimum absolute atomic E-state index is 0.0317. The maximum atomic E-state index is 13.6. The van der Waals surface area contributed by atoms with Gasteiger partial charge in [0.15, 0.2) is 0 Å². The van der Waals surface area contributed by atoms with Crippen LogP contribution in [0.4, 0.5) is 0 Å². The summed E-state index contributed by atoms with van der Waals surface area (Å²) in [5.41, 5.74) is 1.43. The molecule has 32 heavy (non-hydrogen) atoms. The molecule has 0 unspecified atom stereocenters. The number of piperidine rings is 1. The number of hydrogen-bond donors (Lipinski definition) is 1. The molecule has 1 aromatic rings. The Bertz CT molecular complexity index is 825. The highest BCUT2D eigenvalue weighted by Gasteiger charge is 2.46. The summed E-state index contributed by atoms with van der Waals surface area (Å²) >= 11 is 0. The van der Waals surface area contributed by atoms with Gasteiger partial charge in [-0.3, -0.25) is 9.59 Å². The third-order valence-electron chi connectivity index (χ3n) is 6.96. The lowest BCUT2D eigenvalue weighted by Gasteiger charge is -2.42. The van der Waals surface area contributed by atoms with Crippen LogP contribution < -0.4 is 5.32 Å². The molecular weight excluding hydrogens is 406 g/mol. The first kappa shape index (κ1) is 22.8. The summed E-state index contributed by atoms with van der Waals surface area (Å²) in [7, 11) is 0. The standard InChI is InChI=1S/C25H35N3O4/c1-18(2)23(29)28-12-10-25(11-13-28,24(30)26-20-9-6-14-31-17-20)16-21-15-22(27-32-21)19-7-4-3-5-8-19/h3-5,7-8,18,20-21H,6,9-17H2,1-2H3,(H,26,30)/t20-,21+/m0/s1. The van der Waals surface area contributed by atoms with Crippen LogP contribution in [0.5, 0.6) is 0 Å². The molecule has 2 saturated heterocycles. The molecule has 2 atom stereocenters. The quantitative estimate of drug-likeness (QED) is 0.736. The third-order valence-corrected chi connectivity index (χ3v) is 6.96. The molecule has 0 saturated carbocycles. The molecule has 4 rings (SSSR count). The second-order valence-corrected chi connectivity index (χ2v) is 9.69.